The number of ether oxygens (including phenoxy) is 2. The normalized spacial score (nSPS) is 23.7. The van der Waals surface area contributed by atoms with Crippen LogP contribution in [-0.4, -0.2) is 25.3 Å². The first-order valence-corrected chi connectivity index (χ1v) is 7.48. The minimum atomic E-state index is 0.135. The summed E-state index contributed by atoms with van der Waals surface area (Å²) >= 11 is 0. The molecule has 1 heterocycles. The van der Waals surface area contributed by atoms with Gasteiger partial charge in [-0.15, -0.1) is 0 Å². The zero-order valence-corrected chi connectivity index (χ0v) is 11.6. The third-order valence-corrected chi connectivity index (χ3v) is 4.26. The summed E-state index contributed by atoms with van der Waals surface area (Å²) in [6.07, 6.45) is 5.51. The van der Waals surface area contributed by atoms with Gasteiger partial charge in [0, 0.05) is 6.04 Å². The van der Waals surface area contributed by atoms with Crippen molar-refractivity contribution in [2.45, 2.75) is 44.8 Å². The smallest absolute Gasteiger partial charge is 0.161 e. The number of nitrogens with one attached hydrogen (secondary N) is 1. The van der Waals surface area contributed by atoms with E-state index in [4.69, 9.17) is 9.47 Å². The van der Waals surface area contributed by atoms with Crippen molar-refractivity contribution < 1.29 is 9.47 Å². The van der Waals surface area contributed by atoms with Crippen LogP contribution < -0.4 is 14.8 Å². The minimum absolute atomic E-state index is 0.135. The molecule has 3 heteroatoms. The molecule has 2 atom stereocenters. The molecule has 0 radical (unpaired) electrons. The monoisotopic (exact) mass is 261 g/mol. The predicted octanol–water partition coefficient (Wildman–Crippen LogP) is 2.99. The lowest BCUT2D eigenvalue weighted by Gasteiger charge is -2.36. The Bertz CT molecular complexity index is 417. The van der Waals surface area contributed by atoms with Crippen molar-refractivity contribution in [1.29, 1.82) is 0 Å². The first-order valence-electron chi connectivity index (χ1n) is 7.48. The fraction of sp³-hybridized carbons (Fsp3) is 0.625. The average Bonchev–Trinajstić information content (AvgIpc) is 2.41. The van der Waals surface area contributed by atoms with Gasteiger partial charge in [-0.3, -0.25) is 0 Å². The molecule has 19 heavy (non-hydrogen) atoms. The van der Waals surface area contributed by atoms with Gasteiger partial charge in [0.15, 0.2) is 11.5 Å². The van der Waals surface area contributed by atoms with E-state index in [1.807, 2.05) is 24.3 Å². The fourth-order valence-corrected chi connectivity index (χ4v) is 2.95. The van der Waals surface area contributed by atoms with Gasteiger partial charge >= 0.3 is 0 Å². The molecule has 0 saturated heterocycles. The molecule has 3 rings (SSSR count). The van der Waals surface area contributed by atoms with E-state index >= 15 is 0 Å². The van der Waals surface area contributed by atoms with Gasteiger partial charge in [-0.2, -0.15) is 0 Å². The average molecular weight is 261 g/mol. The Morgan fingerprint density at radius 3 is 2.74 bits per heavy atom. The second-order valence-electron chi connectivity index (χ2n) is 5.61. The van der Waals surface area contributed by atoms with Crippen LogP contribution in [0.15, 0.2) is 24.3 Å². The van der Waals surface area contributed by atoms with E-state index in [1.165, 1.54) is 25.7 Å². The maximum atomic E-state index is 6.13. The molecule has 2 unspecified atom stereocenters. The zero-order chi connectivity index (χ0) is 13.1. The van der Waals surface area contributed by atoms with Gasteiger partial charge < -0.3 is 14.8 Å². The largest absolute Gasteiger partial charge is 0.486 e. The van der Waals surface area contributed by atoms with Crippen LogP contribution in [0.4, 0.5) is 0 Å². The van der Waals surface area contributed by atoms with Gasteiger partial charge in [0.1, 0.15) is 12.7 Å². The highest BCUT2D eigenvalue weighted by Crippen LogP contribution is 2.35. The van der Waals surface area contributed by atoms with Gasteiger partial charge in [-0.05, 0) is 31.0 Å². The van der Waals surface area contributed by atoms with Crippen LogP contribution in [0.5, 0.6) is 11.5 Å². The summed E-state index contributed by atoms with van der Waals surface area (Å²) in [5.41, 5.74) is 0. The molecule has 0 amide bonds. The number of fused-ring (bicyclic) bond motifs is 1. The lowest BCUT2D eigenvalue weighted by molar-refractivity contribution is 0.0500. The molecule has 0 spiro atoms. The van der Waals surface area contributed by atoms with Crippen LogP contribution in [0.25, 0.3) is 0 Å². The first kappa shape index (κ1) is 12.8. The quantitative estimate of drug-likeness (QED) is 0.884. The maximum Gasteiger partial charge on any atom is 0.161 e. The molecule has 104 valence electrons. The molecule has 2 aliphatic rings. The second-order valence-corrected chi connectivity index (χ2v) is 5.61. The van der Waals surface area contributed by atoms with Crippen LogP contribution >= 0.6 is 0 Å². The molecule has 1 fully saturated rings. The summed E-state index contributed by atoms with van der Waals surface area (Å²) in [7, 11) is 0. The van der Waals surface area contributed by atoms with E-state index in [9.17, 15) is 0 Å². The third-order valence-electron chi connectivity index (χ3n) is 4.26. The highest BCUT2D eigenvalue weighted by Gasteiger charge is 2.31. The minimum Gasteiger partial charge on any atom is -0.486 e. The highest BCUT2D eigenvalue weighted by atomic mass is 16.6. The molecule has 1 aromatic rings. The topological polar surface area (TPSA) is 30.5 Å². The van der Waals surface area contributed by atoms with Crippen molar-refractivity contribution in [3.05, 3.63) is 24.3 Å². The number of para-hydroxylation sites is 2. The van der Waals surface area contributed by atoms with E-state index in [0.29, 0.717) is 12.6 Å². The van der Waals surface area contributed by atoms with Gasteiger partial charge in [0.05, 0.1) is 0 Å². The number of hydrogen-bond donors (Lipinski definition) is 1. The molecular formula is C16H23NO2. The summed E-state index contributed by atoms with van der Waals surface area (Å²) in [6, 6.07) is 8.36. The van der Waals surface area contributed by atoms with Gasteiger partial charge in [-0.25, -0.2) is 0 Å². The summed E-state index contributed by atoms with van der Waals surface area (Å²) in [5, 5.41) is 3.58. The van der Waals surface area contributed by atoms with E-state index < -0.39 is 0 Å². The Morgan fingerprint density at radius 2 is 2.05 bits per heavy atom. The van der Waals surface area contributed by atoms with E-state index in [1.54, 1.807) is 0 Å². The van der Waals surface area contributed by atoms with Crippen molar-refractivity contribution in [3.8, 4) is 11.5 Å². The Hall–Kier alpha value is -1.22. The second kappa shape index (κ2) is 5.83. The van der Waals surface area contributed by atoms with Crippen molar-refractivity contribution in [3.63, 3.8) is 0 Å². The van der Waals surface area contributed by atoms with E-state index in [0.717, 1.165) is 24.0 Å². The fourth-order valence-electron chi connectivity index (χ4n) is 2.95. The Labute approximate surface area is 115 Å². The number of hydrogen-bond acceptors (Lipinski definition) is 3. The molecule has 1 saturated carbocycles. The van der Waals surface area contributed by atoms with Crippen molar-refractivity contribution in [2.24, 2.45) is 5.92 Å². The molecule has 1 aliphatic carbocycles. The number of rotatable bonds is 5. The Kier molecular flexibility index (Phi) is 3.92. The molecular weight excluding hydrogens is 238 g/mol. The first-order chi connectivity index (χ1) is 9.36. The van der Waals surface area contributed by atoms with Crippen LogP contribution in [0, 0.1) is 5.92 Å². The van der Waals surface area contributed by atoms with Gasteiger partial charge in [-0.1, -0.05) is 38.3 Å². The summed E-state index contributed by atoms with van der Waals surface area (Å²) < 4.78 is 12.0. The zero-order valence-electron chi connectivity index (χ0n) is 11.6. The lowest BCUT2D eigenvalue weighted by Crippen LogP contribution is -2.49. The Balaban J connectivity index is 1.66. The van der Waals surface area contributed by atoms with Crippen molar-refractivity contribution >= 4 is 0 Å². The van der Waals surface area contributed by atoms with Crippen molar-refractivity contribution in [2.75, 3.05) is 13.2 Å². The number of benzene rings is 1. The molecule has 1 aromatic carbocycles. The third kappa shape index (κ3) is 2.86. The van der Waals surface area contributed by atoms with Gasteiger partial charge in [0.2, 0.25) is 0 Å². The summed E-state index contributed by atoms with van der Waals surface area (Å²) in [6.45, 7) is 3.80. The van der Waals surface area contributed by atoms with Crippen LogP contribution in [0.1, 0.15) is 32.6 Å². The van der Waals surface area contributed by atoms with Crippen LogP contribution in [0.2, 0.25) is 0 Å². The van der Waals surface area contributed by atoms with Crippen LogP contribution in [0.3, 0.4) is 0 Å². The maximum absolute atomic E-state index is 6.13. The molecule has 0 aromatic heterocycles. The van der Waals surface area contributed by atoms with E-state index in [-0.39, 0.29) is 6.10 Å². The summed E-state index contributed by atoms with van der Waals surface area (Å²) in [4.78, 5) is 0. The molecule has 0 bridgehead atoms. The van der Waals surface area contributed by atoms with Crippen LogP contribution in [-0.2, 0) is 0 Å². The highest BCUT2D eigenvalue weighted by molar-refractivity contribution is 5.40. The standard InChI is InChI=1S/C16H23NO2/c1-2-17-13(10-12-6-5-7-12)16-11-18-14-8-3-4-9-15(14)19-16/h3-4,8-9,12-13,16-17H,2,5-7,10-11H2,1H3. The van der Waals surface area contributed by atoms with Crippen molar-refractivity contribution in [1.82, 2.24) is 5.32 Å². The van der Waals surface area contributed by atoms with E-state index in [2.05, 4.69) is 12.2 Å². The summed E-state index contributed by atoms with van der Waals surface area (Å²) in [5.74, 6) is 2.64. The molecule has 1 N–H and O–H groups in total. The molecule has 1 aliphatic heterocycles. The Morgan fingerprint density at radius 1 is 1.26 bits per heavy atom. The lowest BCUT2D eigenvalue weighted by atomic mass is 9.80. The molecule has 3 nitrogen and oxygen atoms in total. The predicted molar refractivity (Wildman–Crippen MR) is 75.8 cm³/mol. The van der Waals surface area contributed by atoms with Gasteiger partial charge in [0.25, 0.3) is 0 Å². The SMILES string of the molecule is CCNC(CC1CCC1)C1COc2ccccc2O1. The number of likely N-dealkylation sites (N-methyl/N-ethyl adjacent to an activating group) is 1.